The summed E-state index contributed by atoms with van der Waals surface area (Å²) in [5.74, 6) is -0.649. The third-order valence-corrected chi connectivity index (χ3v) is 3.39. The molecule has 5 nitrogen and oxygen atoms in total. The zero-order valence-electron chi connectivity index (χ0n) is 10.8. The maximum Gasteiger partial charge on any atom is 0.321 e. The van der Waals surface area contributed by atoms with E-state index in [4.69, 9.17) is 4.74 Å². The predicted molar refractivity (Wildman–Crippen MR) is 66.1 cm³/mol. The van der Waals surface area contributed by atoms with Crippen LogP contribution in [0.4, 0.5) is 0 Å². The molecule has 17 heavy (non-hydrogen) atoms. The standard InChI is InChI=1S/C12H24N2O3/c1-3-14(4-2)7-6-13-11(12(15)16)10-5-8-17-9-10/h10-11,13H,3-9H2,1-2H3,(H,15,16). The van der Waals surface area contributed by atoms with Crippen molar-refractivity contribution in [2.45, 2.75) is 26.3 Å². The van der Waals surface area contributed by atoms with Gasteiger partial charge in [-0.1, -0.05) is 13.8 Å². The molecule has 1 heterocycles. The fourth-order valence-corrected chi connectivity index (χ4v) is 2.19. The number of aliphatic carboxylic acids is 1. The molecule has 2 N–H and O–H groups in total. The van der Waals surface area contributed by atoms with Crippen molar-refractivity contribution in [1.82, 2.24) is 10.2 Å². The van der Waals surface area contributed by atoms with Crippen molar-refractivity contribution in [2.24, 2.45) is 5.92 Å². The summed E-state index contributed by atoms with van der Waals surface area (Å²) in [4.78, 5) is 13.4. The summed E-state index contributed by atoms with van der Waals surface area (Å²) >= 11 is 0. The smallest absolute Gasteiger partial charge is 0.321 e. The Hall–Kier alpha value is -0.650. The number of likely N-dealkylation sites (N-methyl/N-ethyl adjacent to an activating group) is 1. The second kappa shape index (κ2) is 7.63. The molecule has 2 unspecified atom stereocenters. The minimum atomic E-state index is -0.764. The van der Waals surface area contributed by atoms with Crippen LogP contribution in [0, 0.1) is 5.92 Å². The Morgan fingerprint density at radius 2 is 2.24 bits per heavy atom. The predicted octanol–water partition coefficient (Wildman–Crippen LogP) is 0.408. The van der Waals surface area contributed by atoms with Gasteiger partial charge in [-0.25, -0.2) is 0 Å². The van der Waals surface area contributed by atoms with E-state index in [9.17, 15) is 9.90 Å². The van der Waals surface area contributed by atoms with E-state index in [1.807, 2.05) is 0 Å². The molecule has 0 bridgehead atoms. The van der Waals surface area contributed by atoms with Gasteiger partial charge in [0.2, 0.25) is 0 Å². The van der Waals surface area contributed by atoms with Crippen molar-refractivity contribution >= 4 is 5.97 Å². The Morgan fingerprint density at radius 3 is 2.71 bits per heavy atom. The molecule has 1 rings (SSSR count). The number of ether oxygens (including phenoxy) is 1. The molecule has 0 aromatic heterocycles. The number of carboxylic acids is 1. The molecule has 2 atom stereocenters. The first-order valence-electron chi connectivity index (χ1n) is 6.45. The molecule has 0 spiro atoms. The number of hydrogen-bond donors (Lipinski definition) is 2. The van der Waals surface area contributed by atoms with E-state index in [0.717, 1.165) is 32.6 Å². The van der Waals surface area contributed by atoms with Crippen molar-refractivity contribution in [3.63, 3.8) is 0 Å². The number of carboxylic acid groups (broad SMARTS) is 1. The highest BCUT2D eigenvalue weighted by molar-refractivity contribution is 5.73. The Bertz CT molecular complexity index is 226. The zero-order chi connectivity index (χ0) is 12.7. The average molecular weight is 244 g/mol. The highest BCUT2D eigenvalue weighted by Crippen LogP contribution is 2.16. The first kappa shape index (κ1) is 14.4. The van der Waals surface area contributed by atoms with Gasteiger partial charge in [0, 0.05) is 25.6 Å². The summed E-state index contributed by atoms with van der Waals surface area (Å²) < 4.78 is 5.24. The largest absolute Gasteiger partial charge is 0.480 e. The van der Waals surface area contributed by atoms with Gasteiger partial charge in [0.1, 0.15) is 6.04 Å². The van der Waals surface area contributed by atoms with Crippen LogP contribution in [0.15, 0.2) is 0 Å². The number of nitrogens with one attached hydrogen (secondary N) is 1. The van der Waals surface area contributed by atoms with Crippen molar-refractivity contribution in [1.29, 1.82) is 0 Å². The summed E-state index contributed by atoms with van der Waals surface area (Å²) in [7, 11) is 0. The fraction of sp³-hybridized carbons (Fsp3) is 0.917. The Labute approximate surface area is 103 Å². The molecule has 0 aliphatic carbocycles. The topological polar surface area (TPSA) is 61.8 Å². The average Bonchev–Trinajstić information content (AvgIpc) is 2.82. The van der Waals surface area contributed by atoms with Gasteiger partial charge in [-0.3, -0.25) is 4.79 Å². The summed E-state index contributed by atoms with van der Waals surface area (Å²) in [6, 6.07) is -0.465. The van der Waals surface area contributed by atoms with Crippen LogP contribution in [0.1, 0.15) is 20.3 Å². The lowest BCUT2D eigenvalue weighted by molar-refractivity contribution is -0.141. The minimum Gasteiger partial charge on any atom is -0.480 e. The van der Waals surface area contributed by atoms with Gasteiger partial charge >= 0.3 is 5.97 Å². The van der Waals surface area contributed by atoms with Gasteiger partial charge in [-0.05, 0) is 19.5 Å². The van der Waals surface area contributed by atoms with Gasteiger partial charge in [0.05, 0.1) is 6.61 Å². The third-order valence-electron chi connectivity index (χ3n) is 3.39. The molecule has 0 radical (unpaired) electrons. The number of rotatable bonds is 8. The Kier molecular flexibility index (Phi) is 6.47. The van der Waals surface area contributed by atoms with Crippen LogP contribution in [0.3, 0.4) is 0 Å². The molecule has 5 heteroatoms. The maximum atomic E-state index is 11.2. The van der Waals surface area contributed by atoms with E-state index < -0.39 is 12.0 Å². The summed E-state index contributed by atoms with van der Waals surface area (Å²) in [6.07, 6.45) is 0.842. The SMILES string of the molecule is CCN(CC)CCNC(C(=O)O)C1CCOC1. The summed E-state index contributed by atoms with van der Waals surface area (Å²) in [6.45, 7) is 9.10. The van der Waals surface area contributed by atoms with E-state index >= 15 is 0 Å². The van der Waals surface area contributed by atoms with Gasteiger partial charge in [0.25, 0.3) is 0 Å². The van der Waals surface area contributed by atoms with E-state index in [1.165, 1.54) is 0 Å². The second-order valence-electron chi connectivity index (χ2n) is 4.42. The van der Waals surface area contributed by atoms with Gasteiger partial charge in [-0.15, -0.1) is 0 Å². The molecule has 0 saturated carbocycles. The van der Waals surface area contributed by atoms with Crippen molar-refractivity contribution < 1.29 is 14.6 Å². The van der Waals surface area contributed by atoms with Crippen LogP contribution in [-0.4, -0.2) is 61.4 Å². The molecule has 100 valence electrons. The highest BCUT2D eigenvalue weighted by Gasteiger charge is 2.30. The van der Waals surface area contributed by atoms with E-state index in [1.54, 1.807) is 0 Å². The second-order valence-corrected chi connectivity index (χ2v) is 4.42. The highest BCUT2D eigenvalue weighted by atomic mass is 16.5. The zero-order valence-corrected chi connectivity index (χ0v) is 10.8. The fourth-order valence-electron chi connectivity index (χ4n) is 2.19. The van der Waals surface area contributed by atoms with Crippen LogP contribution in [0.25, 0.3) is 0 Å². The maximum absolute atomic E-state index is 11.2. The van der Waals surface area contributed by atoms with Crippen molar-refractivity contribution in [2.75, 3.05) is 39.4 Å². The van der Waals surface area contributed by atoms with E-state index in [0.29, 0.717) is 13.2 Å². The van der Waals surface area contributed by atoms with E-state index in [-0.39, 0.29) is 5.92 Å². The summed E-state index contributed by atoms with van der Waals surface area (Å²) in [5.41, 5.74) is 0. The molecule has 0 aromatic carbocycles. The van der Waals surface area contributed by atoms with Gasteiger partial charge in [0.15, 0.2) is 0 Å². The molecule has 1 aliphatic rings. The molecule has 1 fully saturated rings. The van der Waals surface area contributed by atoms with Gasteiger partial charge < -0.3 is 20.1 Å². The quantitative estimate of drug-likeness (QED) is 0.647. The molecular weight excluding hydrogens is 220 g/mol. The minimum absolute atomic E-state index is 0.115. The van der Waals surface area contributed by atoms with Crippen molar-refractivity contribution in [3.05, 3.63) is 0 Å². The normalized spacial score (nSPS) is 21.9. The Balaban J connectivity index is 2.31. The van der Waals surface area contributed by atoms with Gasteiger partial charge in [-0.2, -0.15) is 0 Å². The van der Waals surface area contributed by atoms with Crippen LogP contribution < -0.4 is 5.32 Å². The molecule has 1 aliphatic heterocycles. The lowest BCUT2D eigenvalue weighted by Gasteiger charge is -2.23. The van der Waals surface area contributed by atoms with E-state index in [2.05, 4.69) is 24.1 Å². The van der Waals surface area contributed by atoms with Crippen LogP contribution in [-0.2, 0) is 9.53 Å². The Morgan fingerprint density at radius 1 is 1.53 bits per heavy atom. The molecule has 0 aromatic rings. The monoisotopic (exact) mass is 244 g/mol. The molecule has 1 saturated heterocycles. The van der Waals surface area contributed by atoms with Crippen molar-refractivity contribution in [3.8, 4) is 0 Å². The lowest BCUT2D eigenvalue weighted by atomic mass is 9.99. The molecule has 0 amide bonds. The summed E-state index contributed by atoms with van der Waals surface area (Å²) in [5, 5.41) is 12.3. The number of nitrogens with zero attached hydrogens (tertiary/aromatic N) is 1. The van der Waals surface area contributed by atoms with Crippen LogP contribution >= 0.6 is 0 Å². The van der Waals surface area contributed by atoms with Crippen LogP contribution in [0.5, 0.6) is 0 Å². The molecular formula is C12H24N2O3. The number of carbonyl (C=O) groups is 1. The van der Waals surface area contributed by atoms with Crippen LogP contribution in [0.2, 0.25) is 0 Å². The number of hydrogen-bond acceptors (Lipinski definition) is 4. The first-order valence-corrected chi connectivity index (χ1v) is 6.45. The third kappa shape index (κ3) is 4.61. The lowest BCUT2D eigenvalue weighted by Crippen LogP contribution is -2.46. The first-order chi connectivity index (χ1) is 8.19.